The number of hydrogen-bond donors (Lipinski definition) is 0. The Bertz CT molecular complexity index is 966. The van der Waals surface area contributed by atoms with Crippen LogP contribution in [-0.4, -0.2) is 50.9 Å². The number of ether oxygens (including phenoxy) is 1. The average molecular weight is 415 g/mol. The molecule has 0 aromatic heterocycles. The molecule has 2 heterocycles. The SMILES string of the molecule is COc1ccc2c(c1)CCN(CC1CCN(S(=O)(=O)c3cccc(C)c3)CC1)C2. The zero-order valence-corrected chi connectivity index (χ0v) is 18.1. The molecule has 6 heteroatoms. The number of hydrogen-bond acceptors (Lipinski definition) is 4. The summed E-state index contributed by atoms with van der Waals surface area (Å²) in [5, 5.41) is 0. The maximum absolute atomic E-state index is 12.9. The minimum atomic E-state index is -3.38. The van der Waals surface area contributed by atoms with E-state index < -0.39 is 10.0 Å². The van der Waals surface area contributed by atoms with Gasteiger partial charge in [0, 0.05) is 32.7 Å². The van der Waals surface area contributed by atoms with E-state index in [1.54, 1.807) is 23.5 Å². The molecule has 1 fully saturated rings. The highest BCUT2D eigenvalue weighted by molar-refractivity contribution is 7.89. The zero-order valence-electron chi connectivity index (χ0n) is 17.3. The van der Waals surface area contributed by atoms with Gasteiger partial charge in [0.1, 0.15) is 5.75 Å². The van der Waals surface area contributed by atoms with Crippen molar-refractivity contribution >= 4 is 10.0 Å². The first-order valence-electron chi connectivity index (χ1n) is 10.4. The van der Waals surface area contributed by atoms with E-state index in [0.29, 0.717) is 23.9 Å². The summed E-state index contributed by atoms with van der Waals surface area (Å²) in [5.41, 5.74) is 3.75. The molecule has 0 atom stereocenters. The maximum atomic E-state index is 12.9. The van der Waals surface area contributed by atoms with E-state index in [4.69, 9.17) is 4.74 Å². The fourth-order valence-corrected chi connectivity index (χ4v) is 6.07. The van der Waals surface area contributed by atoms with Crippen LogP contribution in [0.3, 0.4) is 0 Å². The quantitative estimate of drug-likeness (QED) is 0.752. The van der Waals surface area contributed by atoms with Gasteiger partial charge in [0.2, 0.25) is 10.0 Å². The molecule has 29 heavy (non-hydrogen) atoms. The van der Waals surface area contributed by atoms with Gasteiger partial charge in [-0.3, -0.25) is 4.90 Å². The number of benzene rings is 2. The molecule has 0 radical (unpaired) electrons. The Kier molecular flexibility index (Phi) is 5.95. The predicted octanol–water partition coefficient (Wildman–Crippen LogP) is 3.46. The van der Waals surface area contributed by atoms with E-state index in [1.165, 1.54) is 11.1 Å². The number of rotatable bonds is 5. The molecule has 5 nitrogen and oxygen atoms in total. The lowest BCUT2D eigenvalue weighted by atomic mass is 9.94. The molecule has 156 valence electrons. The molecule has 2 aliphatic heterocycles. The van der Waals surface area contributed by atoms with Crippen LogP contribution in [0, 0.1) is 12.8 Å². The Morgan fingerprint density at radius 3 is 2.55 bits per heavy atom. The number of piperidine rings is 1. The second-order valence-corrected chi connectivity index (χ2v) is 10.2. The molecule has 0 amide bonds. The molecule has 0 spiro atoms. The minimum absolute atomic E-state index is 0.416. The second kappa shape index (κ2) is 8.46. The van der Waals surface area contributed by atoms with Gasteiger partial charge in [-0.25, -0.2) is 8.42 Å². The standard InChI is InChI=1S/C23H30N2O3S/c1-18-4-3-5-23(14-18)29(26,27)25-12-8-19(9-13-25)16-24-11-10-20-15-22(28-2)7-6-21(20)17-24/h3-7,14-15,19H,8-13,16-17H2,1-2H3. The minimum Gasteiger partial charge on any atom is -0.497 e. The largest absolute Gasteiger partial charge is 0.497 e. The van der Waals surface area contributed by atoms with Crippen LogP contribution in [0.2, 0.25) is 0 Å². The molecule has 2 aliphatic rings. The van der Waals surface area contributed by atoms with Gasteiger partial charge in [-0.05, 0) is 73.1 Å². The third-order valence-corrected chi connectivity index (χ3v) is 8.12. The van der Waals surface area contributed by atoms with Crippen molar-refractivity contribution in [3.8, 4) is 5.75 Å². The summed E-state index contributed by atoms with van der Waals surface area (Å²) >= 11 is 0. The third kappa shape index (κ3) is 4.49. The molecule has 1 saturated heterocycles. The molecule has 0 N–H and O–H groups in total. The highest BCUT2D eigenvalue weighted by Crippen LogP contribution is 2.28. The number of sulfonamides is 1. The van der Waals surface area contributed by atoms with Crippen LogP contribution in [0.25, 0.3) is 0 Å². The van der Waals surface area contributed by atoms with E-state index in [-0.39, 0.29) is 0 Å². The molecule has 0 unspecified atom stereocenters. The summed E-state index contributed by atoms with van der Waals surface area (Å²) in [5.74, 6) is 1.48. The lowest BCUT2D eigenvalue weighted by Gasteiger charge is -2.36. The summed E-state index contributed by atoms with van der Waals surface area (Å²) < 4.78 is 32.9. The molecule has 2 aromatic carbocycles. The molecule has 4 rings (SSSR count). The Balaban J connectivity index is 1.33. The zero-order chi connectivity index (χ0) is 20.4. The van der Waals surface area contributed by atoms with Crippen molar-refractivity contribution in [2.75, 3.05) is 33.3 Å². The van der Waals surface area contributed by atoms with Crippen molar-refractivity contribution in [3.05, 3.63) is 59.2 Å². The molecule has 0 aliphatic carbocycles. The predicted molar refractivity (Wildman–Crippen MR) is 115 cm³/mol. The van der Waals surface area contributed by atoms with E-state index in [0.717, 1.165) is 50.2 Å². The van der Waals surface area contributed by atoms with Crippen molar-refractivity contribution in [2.45, 2.75) is 37.6 Å². The van der Waals surface area contributed by atoms with Crippen LogP contribution < -0.4 is 4.74 Å². The fraction of sp³-hybridized carbons (Fsp3) is 0.478. The monoisotopic (exact) mass is 414 g/mol. The Labute approximate surface area is 174 Å². The van der Waals surface area contributed by atoms with E-state index in [1.807, 2.05) is 25.1 Å². The van der Waals surface area contributed by atoms with Crippen molar-refractivity contribution in [1.29, 1.82) is 0 Å². The van der Waals surface area contributed by atoms with Crippen LogP contribution in [0.5, 0.6) is 5.75 Å². The molecular weight excluding hydrogens is 384 g/mol. The van der Waals surface area contributed by atoms with Crippen LogP contribution >= 0.6 is 0 Å². The van der Waals surface area contributed by atoms with Gasteiger partial charge in [0.25, 0.3) is 0 Å². The highest BCUT2D eigenvalue weighted by Gasteiger charge is 2.30. The smallest absolute Gasteiger partial charge is 0.243 e. The lowest BCUT2D eigenvalue weighted by molar-refractivity contribution is 0.171. The number of nitrogens with zero attached hydrogens (tertiary/aromatic N) is 2. The van der Waals surface area contributed by atoms with Gasteiger partial charge in [-0.15, -0.1) is 0 Å². The second-order valence-electron chi connectivity index (χ2n) is 8.28. The number of aryl methyl sites for hydroxylation is 1. The summed E-state index contributed by atoms with van der Waals surface area (Å²) in [6.07, 6.45) is 2.90. The summed E-state index contributed by atoms with van der Waals surface area (Å²) in [6.45, 7) is 6.23. The van der Waals surface area contributed by atoms with Gasteiger partial charge < -0.3 is 4.74 Å². The van der Waals surface area contributed by atoms with Crippen molar-refractivity contribution < 1.29 is 13.2 Å². The Hall–Kier alpha value is -1.89. The Morgan fingerprint density at radius 2 is 1.83 bits per heavy atom. The van der Waals surface area contributed by atoms with Gasteiger partial charge >= 0.3 is 0 Å². The van der Waals surface area contributed by atoms with Gasteiger partial charge in [0.15, 0.2) is 0 Å². The first kappa shape index (κ1) is 20.4. The molecular formula is C23H30N2O3S. The van der Waals surface area contributed by atoms with Gasteiger partial charge in [-0.2, -0.15) is 4.31 Å². The number of fused-ring (bicyclic) bond motifs is 1. The van der Waals surface area contributed by atoms with Crippen molar-refractivity contribution in [2.24, 2.45) is 5.92 Å². The molecule has 2 aromatic rings. The molecule has 0 bridgehead atoms. The lowest BCUT2D eigenvalue weighted by Crippen LogP contribution is -2.42. The summed E-state index contributed by atoms with van der Waals surface area (Å²) in [7, 11) is -1.67. The normalized spacial score (nSPS) is 19.1. The topological polar surface area (TPSA) is 49.9 Å². The van der Waals surface area contributed by atoms with Crippen LogP contribution in [0.15, 0.2) is 47.4 Å². The summed E-state index contributed by atoms with van der Waals surface area (Å²) in [6, 6.07) is 13.6. The molecule has 0 saturated carbocycles. The first-order chi connectivity index (χ1) is 14.0. The van der Waals surface area contributed by atoms with Crippen LogP contribution in [0.4, 0.5) is 0 Å². The van der Waals surface area contributed by atoms with Gasteiger partial charge in [-0.1, -0.05) is 18.2 Å². The third-order valence-electron chi connectivity index (χ3n) is 6.22. The highest BCUT2D eigenvalue weighted by atomic mass is 32.2. The number of methoxy groups -OCH3 is 1. The van der Waals surface area contributed by atoms with Gasteiger partial charge in [0.05, 0.1) is 12.0 Å². The summed E-state index contributed by atoms with van der Waals surface area (Å²) in [4.78, 5) is 2.93. The van der Waals surface area contributed by atoms with E-state index in [9.17, 15) is 8.42 Å². The Morgan fingerprint density at radius 1 is 1.03 bits per heavy atom. The van der Waals surface area contributed by atoms with Crippen LogP contribution in [-0.2, 0) is 23.0 Å². The van der Waals surface area contributed by atoms with Crippen molar-refractivity contribution in [3.63, 3.8) is 0 Å². The maximum Gasteiger partial charge on any atom is 0.243 e. The van der Waals surface area contributed by atoms with Crippen LogP contribution in [0.1, 0.15) is 29.5 Å². The first-order valence-corrected chi connectivity index (χ1v) is 11.8. The van der Waals surface area contributed by atoms with Crippen molar-refractivity contribution in [1.82, 2.24) is 9.21 Å². The van der Waals surface area contributed by atoms with E-state index in [2.05, 4.69) is 17.0 Å². The van der Waals surface area contributed by atoms with E-state index >= 15 is 0 Å². The average Bonchev–Trinajstić information content (AvgIpc) is 2.74. The fourth-order valence-electron chi connectivity index (χ4n) is 4.49.